The van der Waals surface area contributed by atoms with E-state index in [1.165, 1.54) is 12.1 Å². The molecule has 0 spiro atoms. The maximum absolute atomic E-state index is 14.1. The first-order valence-corrected chi connectivity index (χ1v) is 6.49. The number of benzene rings is 2. The number of rotatable bonds is 1. The minimum atomic E-state index is -0.513. The van der Waals surface area contributed by atoms with Crippen molar-refractivity contribution in [3.8, 4) is 11.8 Å². The summed E-state index contributed by atoms with van der Waals surface area (Å²) in [5.74, 6) is -0.513. The first-order valence-electron chi connectivity index (χ1n) is 5.70. The summed E-state index contributed by atoms with van der Waals surface area (Å²) in [5, 5.41) is 9.31. The summed E-state index contributed by atoms with van der Waals surface area (Å²) in [6.07, 6.45) is 0. The highest BCUT2D eigenvalue weighted by Gasteiger charge is 2.11. The van der Waals surface area contributed by atoms with Crippen molar-refractivity contribution in [3.63, 3.8) is 0 Å². The first kappa shape index (κ1) is 12.9. The van der Waals surface area contributed by atoms with E-state index in [2.05, 4.69) is 4.98 Å². The number of aromatic amines is 1. The Hall–Kier alpha value is -2.16. The Morgan fingerprint density at radius 3 is 2.75 bits per heavy atom. The van der Waals surface area contributed by atoms with Crippen molar-refractivity contribution in [2.75, 3.05) is 0 Å². The van der Waals surface area contributed by atoms with Gasteiger partial charge in [-0.3, -0.25) is 4.57 Å². The molecule has 0 fully saturated rings. The molecule has 0 radical (unpaired) electrons. The maximum atomic E-state index is 14.1. The van der Waals surface area contributed by atoms with E-state index in [0.29, 0.717) is 15.3 Å². The summed E-state index contributed by atoms with van der Waals surface area (Å²) in [5.41, 5.74) is 1.99. The molecule has 98 valence electrons. The van der Waals surface area contributed by atoms with Crippen LogP contribution in [0.3, 0.4) is 0 Å². The maximum Gasteiger partial charge on any atom is 0.182 e. The van der Waals surface area contributed by atoms with Crippen LogP contribution < -0.4 is 0 Å². The highest BCUT2D eigenvalue weighted by atomic mass is 35.5. The zero-order chi connectivity index (χ0) is 14.3. The van der Waals surface area contributed by atoms with Crippen LogP contribution in [0, 0.1) is 21.9 Å². The van der Waals surface area contributed by atoms with Gasteiger partial charge in [-0.2, -0.15) is 5.26 Å². The van der Waals surface area contributed by atoms with Crippen molar-refractivity contribution in [3.05, 3.63) is 57.6 Å². The van der Waals surface area contributed by atoms with E-state index in [9.17, 15) is 4.39 Å². The molecule has 2 aromatic carbocycles. The molecule has 0 aliphatic heterocycles. The Morgan fingerprint density at radius 1 is 1.25 bits per heavy atom. The third kappa shape index (κ3) is 1.99. The van der Waals surface area contributed by atoms with Crippen LogP contribution in [-0.4, -0.2) is 9.55 Å². The molecule has 3 nitrogen and oxygen atoms in total. The van der Waals surface area contributed by atoms with Gasteiger partial charge < -0.3 is 4.98 Å². The molecule has 0 unspecified atom stereocenters. The molecule has 3 rings (SSSR count). The van der Waals surface area contributed by atoms with Crippen LogP contribution in [0.15, 0.2) is 36.4 Å². The third-order valence-corrected chi connectivity index (χ3v) is 3.48. The van der Waals surface area contributed by atoms with Gasteiger partial charge in [-0.25, -0.2) is 4.39 Å². The third-order valence-electron chi connectivity index (χ3n) is 2.96. The second-order valence-corrected chi connectivity index (χ2v) is 5.03. The molecular weight excluding hydrogens is 297 g/mol. The van der Waals surface area contributed by atoms with Crippen molar-refractivity contribution in [2.45, 2.75) is 0 Å². The molecule has 0 saturated carbocycles. The Labute approximate surface area is 123 Å². The molecule has 6 heteroatoms. The molecular formula is C14H7ClFN3S. The van der Waals surface area contributed by atoms with E-state index in [1.54, 1.807) is 28.8 Å². The lowest BCUT2D eigenvalue weighted by Crippen LogP contribution is -1.98. The van der Waals surface area contributed by atoms with Gasteiger partial charge in [0.05, 0.1) is 28.4 Å². The molecule has 0 atom stereocenters. The highest BCUT2D eigenvalue weighted by molar-refractivity contribution is 7.71. The average molecular weight is 304 g/mol. The lowest BCUT2D eigenvalue weighted by atomic mass is 10.2. The van der Waals surface area contributed by atoms with Gasteiger partial charge in [0.25, 0.3) is 0 Å². The van der Waals surface area contributed by atoms with E-state index in [1.807, 2.05) is 6.07 Å². The van der Waals surface area contributed by atoms with E-state index < -0.39 is 5.82 Å². The average Bonchev–Trinajstić information content (AvgIpc) is 2.74. The van der Waals surface area contributed by atoms with Crippen molar-refractivity contribution in [1.82, 2.24) is 9.55 Å². The number of nitriles is 1. The minimum Gasteiger partial charge on any atom is -0.330 e. The van der Waals surface area contributed by atoms with E-state index in [-0.39, 0.29) is 11.3 Å². The number of nitrogens with one attached hydrogen (secondary N) is 1. The topological polar surface area (TPSA) is 44.5 Å². The predicted molar refractivity (Wildman–Crippen MR) is 78.1 cm³/mol. The number of hydrogen-bond acceptors (Lipinski definition) is 2. The molecule has 1 aromatic heterocycles. The van der Waals surface area contributed by atoms with Crippen LogP contribution in [-0.2, 0) is 0 Å². The first-order chi connectivity index (χ1) is 9.60. The molecule has 0 bridgehead atoms. The molecule has 0 aliphatic carbocycles. The van der Waals surface area contributed by atoms with Crippen molar-refractivity contribution < 1.29 is 4.39 Å². The SMILES string of the molecule is N#Cc1ccc(-n2c(=S)[nH]c3ccc(Cl)cc32)c(F)c1. The van der Waals surface area contributed by atoms with Gasteiger partial charge in [-0.05, 0) is 48.6 Å². The number of fused-ring (bicyclic) bond motifs is 1. The van der Waals surface area contributed by atoms with Gasteiger partial charge in [0.2, 0.25) is 0 Å². The van der Waals surface area contributed by atoms with Gasteiger partial charge in [0.15, 0.2) is 4.77 Å². The van der Waals surface area contributed by atoms with Gasteiger partial charge >= 0.3 is 0 Å². The Kier molecular flexibility index (Phi) is 3.05. The summed E-state index contributed by atoms with van der Waals surface area (Å²) < 4.78 is 16.1. The fourth-order valence-electron chi connectivity index (χ4n) is 2.07. The van der Waals surface area contributed by atoms with Gasteiger partial charge in [-0.1, -0.05) is 11.6 Å². The van der Waals surface area contributed by atoms with Crippen LogP contribution in [0.25, 0.3) is 16.7 Å². The Morgan fingerprint density at radius 2 is 2.05 bits per heavy atom. The zero-order valence-corrected chi connectivity index (χ0v) is 11.6. The standard InChI is InChI=1S/C14H7ClFN3S/c15-9-2-3-11-13(6-9)19(14(20)18-11)12-4-1-8(7-17)5-10(12)16/h1-6H,(H,18,20). The van der Waals surface area contributed by atoms with Crippen LogP contribution in [0.2, 0.25) is 5.02 Å². The number of aromatic nitrogens is 2. The van der Waals surface area contributed by atoms with Crippen LogP contribution in [0.4, 0.5) is 4.39 Å². The van der Waals surface area contributed by atoms with Gasteiger partial charge in [0, 0.05) is 5.02 Å². The number of imidazole rings is 1. The van der Waals surface area contributed by atoms with Crippen molar-refractivity contribution >= 4 is 34.9 Å². The zero-order valence-electron chi connectivity index (χ0n) is 10.0. The molecule has 1 heterocycles. The molecule has 0 saturated heterocycles. The predicted octanol–water partition coefficient (Wildman–Crippen LogP) is 4.35. The van der Waals surface area contributed by atoms with E-state index >= 15 is 0 Å². The fourth-order valence-corrected chi connectivity index (χ4v) is 2.55. The summed E-state index contributed by atoms with van der Waals surface area (Å²) in [4.78, 5) is 3.00. The minimum absolute atomic E-state index is 0.260. The normalized spacial score (nSPS) is 10.7. The van der Waals surface area contributed by atoms with E-state index in [0.717, 1.165) is 5.52 Å². The van der Waals surface area contributed by atoms with Crippen molar-refractivity contribution in [1.29, 1.82) is 5.26 Å². The fraction of sp³-hybridized carbons (Fsp3) is 0. The largest absolute Gasteiger partial charge is 0.330 e. The molecule has 3 aromatic rings. The lowest BCUT2D eigenvalue weighted by Gasteiger charge is -2.06. The molecule has 20 heavy (non-hydrogen) atoms. The van der Waals surface area contributed by atoms with E-state index in [4.69, 9.17) is 29.1 Å². The molecule has 1 N–H and O–H groups in total. The Bertz CT molecular complexity index is 920. The summed E-state index contributed by atoms with van der Waals surface area (Å²) in [6, 6.07) is 11.4. The summed E-state index contributed by atoms with van der Waals surface area (Å²) in [6.45, 7) is 0. The second kappa shape index (κ2) is 4.75. The second-order valence-electron chi connectivity index (χ2n) is 4.21. The van der Waals surface area contributed by atoms with Crippen LogP contribution in [0.5, 0.6) is 0 Å². The Balaban J connectivity index is 2.35. The molecule has 0 aliphatic rings. The summed E-state index contributed by atoms with van der Waals surface area (Å²) in [7, 11) is 0. The monoisotopic (exact) mass is 303 g/mol. The van der Waals surface area contributed by atoms with Crippen molar-refractivity contribution in [2.24, 2.45) is 0 Å². The number of halogens is 2. The lowest BCUT2D eigenvalue weighted by molar-refractivity contribution is 0.618. The number of H-pyrrole nitrogens is 1. The number of hydrogen-bond donors (Lipinski definition) is 1. The van der Waals surface area contributed by atoms with Crippen LogP contribution in [0.1, 0.15) is 5.56 Å². The highest BCUT2D eigenvalue weighted by Crippen LogP contribution is 2.24. The molecule has 0 amide bonds. The summed E-state index contributed by atoms with van der Waals surface area (Å²) >= 11 is 11.2. The van der Waals surface area contributed by atoms with Crippen LogP contribution >= 0.6 is 23.8 Å². The van der Waals surface area contributed by atoms with Gasteiger partial charge in [0.1, 0.15) is 5.82 Å². The number of nitrogens with zero attached hydrogens (tertiary/aromatic N) is 2. The quantitative estimate of drug-likeness (QED) is 0.679. The smallest absolute Gasteiger partial charge is 0.182 e. The van der Waals surface area contributed by atoms with Gasteiger partial charge in [-0.15, -0.1) is 0 Å².